The molecule has 2 aromatic rings. The van der Waals surface area contributed by atoms with E-state index in [2.05, 4.69) is 15.3 Å². The Balaban J connectivity index is 0.00000338. The molecule has 0 fully saturated rings. The van der Waals surface area contributed by atoms with Gasteiger partial charge in [-0.3, -0.25) is 15.5 Å². The Bertz CT molecular complexity index is 834. The van der Waals surface area contributed by atoms with Crippen LogP contribution >= 0.6 is 0 Å². The van der Waals surface area contributed by atoms with Gasteiger partial charge < -0.3 is 19.3 Å². The number of hydrazone groups is 1. The summed E-state index contributed by atoms with van der Waals surface area (Å²) in [6.45, 7) is -0.826. The van der Waals surface area contributed by atoms with Gasteiger partial charge >= 0.3 is 18.9 Å². The van der Waals surface area contributed by atoms with Crippen molar-refractivity contribution in [1.82, 2.24) is 0 Å². The van der Waals surface area contributed by atoms with E-state index in [0.29, 0.717) is 11.1 Å². The van der Waals surface area contributed by atoms with Gasteiger partial charge in [0.1, 0.15) is 5.75 Å². The molecule has 0 saturated carbocycles. The summed E-state index contributed by atoms with van der Waals surface area (Å²) in [6.07, 6.45) is 0. The molecule has 0 unspecified atom stereocenters. The van der Waals surface area contributed by atoms with Crippen molar-refractivity contribution in [3.63, 3.8) is 0 Å². The van der Waals surface area contributed by atoms with Gasteiger partial charge in [0.05, 0.1) is 10.6 Å². The van der Waals surface area contributed by atoms with Gasteiger partial charge in [-0.05, 0) is 31.2 Å². The number of nitrogens with zero attached hydrogens (tertiary/aromatic N) is 2. The summed E-state index contributed by atoms with van der Waals surface area (Å²) in [5.74, 6) is -1.65. The van der Waals surface area contributed by atoms with Gasteiger partial charge in [0, 0.05) is 23.3 Å². The second kappa shape index (κ2) is 9.12. The molecule has 2 rings (SSSR count). The van der Waals surface area contributed by atoms with Gasteiger partial charge in [0.2, 0.25) is 0 Å². The van der Waals surface area contributed by atoms with E-state index in [0.717, 1.165) is 12.1 Å². The molecule has 0 heterocycles. The Hall–Kier alpha value is -2.70. The Morgan fingerprint density at radius 1 is 1.31 bits per heavy atom. The van der Waals surface area contributed by atoms with E-state index in [1.54, 1.807) is 6.92 Å². The number of halogens is 3. The van der Waals surface area contributed by atoms with Gasteiger partial charge in [-0.2, -0.15) is 5.10 Å². The Kier molecular flexibility index (Phi) is 7.49. The molecule has 3 N–H and O–H groups in total. The van der Waals surface area contributed by atoms with Crippen LogP contribution in [0.2, 0.25) is 0 Å². The summed E-state index contributed by atoms with van der Waals surface area (Å²) in [6, 6.07) is 7.35. The van der Waals surface area contributed by atoms with E-state index in [1.807, 2.05) is 0 Å². The minimum absolute atomic E-state index is 0. The van der Waals surface area contributed by atoms with Gasteiger partial charge in [0.15, 0.2) is 18.3 Å². The quantitative estimate of drug-likeness (QED) is 0.196. The average Bonchev–Trinajstić information content (AvgIpc) is 2.54. The van der Waals surface area contributed by atoms with Crippen LogP contribution in [0.15, 0.2) is 41.5 Å². The zero-order chi connectivity index (χ0) is 18.6. The number of nitro benzene ring substituents is 1. The minimum atomic E-state index is -2.38. The summed E-state index contributed by atoms with van der Waals surface area (Å²) in [4.78, 5) is 10.3. The van der Waals surface area contributed by atoms with Gasteiger partial charge in [-0.15, -0.1) is 0 Å². The number of nitro groups is 1. The minimum Gasteiger partial charge on any atom is -0.597 e. The second-order valence-electron chi connectivity index (χ2n) is 4.84. The molecule has 0 atom stereocenters. The predicted molar refractivity (Wildman–Crippen MR) is 84.7 cm³/mol. The van der Waals surface area contributed by atoms with Crippen LogP contribution in [0, 0.1) is 29.5 Å². The van der Waals surface area contributed by atoms with Crippen LogP contribution in [0.3, 0.4) is 0 Å². The third kappa shape index (κ3) is 5.40. The largest absolute Gasteiger partial charge is 1.00 e. The number of anilines is 1. The molecule has 11 heteroatoms. The second-order valence-corrected chi connectivity index (χ2v) is 4.84. The van der Waals surface area contributed by atoms with E-state index in [-0.39, 0.29) is 36.1 Å². The first-order chi connectivity index (χ1) is 11.8. The molecule has 0 saturated heterocycles. The molecule has 0 aliphatic rings. The smallest absolute Gasteiger partial charge is 0.597 e. The maximum atomic E-state index is 13.6. The first-order valence-electron chi connectivity index (χ1n) is 6.78. The number of hydrogen-bond acceptors (Lipinski definition) is 5. The van der Waals surface area contributed by atoms with Crippen LogP contribution < -0.4 is 34.8 Å². The van der Waals surface area contributed by atoms with Crippen molar-refractivity contribution in [2.45, 2.75) is 6.92 Å². The van der Waals surface area contributed by atoms with Crippen LogP contribution in [0.4, 0.5) is 24.5 Å². The number of ether oxygens (including phenoxy) is 1. The number of hydrogen-bond donors (Lipinski definition) is 2. The Morgan fingerprint density at radius 2 is 2.00 bits per heavy atom. The Morgan fingerprint density at radius 3 is 2.54 bits per heavy atom. The molecule has 0 radical (unpaired) electrons. The zero-order valence-corrected chi connectivity index (χ0v) is 13.8. The fourth-order valence-corrected chi connectivity index (χ4v) is 1.95. The van der Waals surface area contributed by atoms with Crippen molar-refractivity contribution in [3.05, 3.63) is 70.1 Å². The molecular weight excluding hydrogens is 348 g/mol. The van der Waals surface area contributed by atoms with Crippen LogP contribution in [0.5, 0.6) is 5.75 Å². The fourth-order valence-electron chi connectivity index (χ4n) is 1.95. The van der Waals surface area contributed by atoms with Gasteiger partial charge in [0.25, 0.3) is 5.69 Å². The number of nitrogens with one attached hydrogen (secondary N) is 1. The monoisotopic (exact) mass is 360 g/mol. The summed E-state index contributed by atoms with van der Waals surface area (Å²) >= 11 is 0. The molecule has 0 amide bonds. The van der Waals surface area contributed by atoms with E-state index in [9.17, 15) is 23.3 Å². The van der Waals surface area contributed by atoms with Gasteiger partial charge in [-0.1, -0.05) is 0 Å². The molecular formula is C15H12F3LiN4O3. The molecule has 0 bridgehead atoms. The van der Waals surface area contributed by atoms with Crippen molar-refractivity contribution < 1.29 is 41.7 Å². The zero-order valence-electron chi connectivity index (χ0n) is 13.8. The van der Waals surface area contributed by atoms with E-state index < -0.39 is 23.1 Å². The molecule has 0 aliphatic carbocycles. The Labute approximate surface area is 158 Å². The number of benzene rings is 2. The molecule has 0 aromatic heterocycles. The molecule has 7 nitrogen and oxygen atoms in total. The number of rotatable bonds is 6. The van der Waals surface area contributed by atoms with E-state index >= 15 is 0 Å². The summed E-state index contributed by atoms with van der Waals surface area (Å²) in [5.41, 5.74) is 9.14. The topological polar surface area (TPSA) is 103 Å². The number of aryl methyl sites for hydroxylation is 1. The molecule has 132 valence electrons. The third-order valence-electron chi connectivity index (χ3n) is 3.11. The van der Waals surface area contributed by atoms with Crippen molar-refractivity contribution in [2.24, 2.45) is 10.8 Å². The predicted octanol–water partition coefficient (Wildman–Crippen LogP) is 0.544. The summed E-state index contributed by atoms with van der Waals surface area (Å²) in [5, 5.41) is 14.6. The molecule has 0 spiro atoms. The molecule has 26 heavy (non-hydrogen) atoms. The summed E-state index contributed by atoms with van der Waals surface area (Å²) in [7, 11) is 0. The van der Waals surface area contributed by atoms with Crippen molar-refractivity contribution in [3.8, 4) is 5.75 Å². The fraction of sp³-hybridized carbons (Fsp3) is 0.0667. The SMILES string of the molecule is Cc1cc(/C(N)=N/Nc2ccc(O[C-](F)F)c(F)c2)ccc1[N+](=O)[O-].[Li+]. The standard InChI is InChI=1S/C15H12F3N4O3.Li/c1-8-6-9(2-4-12(8)22(23)24)14(19)21-20-10-3-5-13(11(16)7-10)25-15(17)18;/h2-7,20H,1H3,(H2,19,21);/q-1;+1. The normalized spacial score (nSPS) is 11.0. The molecule has 2 aromatic carbocycles. The van der Waals surface area contributed by atoms with Crippen LogP contribution in [-0.4, -0.2) is 10.8 Å². The number of amidine groups is 1. The van der Waals surface area contributed by atoms with Crippen LogP contribution in [0.1, 0.15) is 11.1 Å². The first-order valence-corrected chi connectivity index (χ1v) is 6.78. The maximum absolute atomic E-state index is 13.6. The van der Waals surface area contributed by atoms with E-state index in [1.165, 1.54) is 24.3 Å². The van der Waals surface area contributed by atoms with Gasteiger partial charge in [-0.25, -0.2) is 4.39 Å². The average molecular weight is 360 g/mol. The number of nitrogens with two attached hydrogens (primary N) is 1. The van der Waals surface area contributed by atoms with Crippen molar-refractivity contribution >= 4 is 17.2 Å². The van der Waals surface area contributed by atoms with E-state index in [4.69, 9.17) is 5.73 Å². The van der Waals surface area contributed by atoms with Crippen LogP contribution in [-0.2, 0) is 0 Å². The third-order valence-corrected chi connectivity index (χ3v) is 3.11. The maximum Gasteiger partial charge on any atom is 1.00 e. The summed E-state index contributed by atoms with van der Waals surface area (Å²) < 4.78 is 41.4. The van der Waals surface area contributed by atoms with Crippen molar-refractivity contribution in [1.29, 1.82) is 0 Å². The van der Waals surface area contributed by atoms with Crippen LogP contribution in [0.25, 0.3) is 0 Å². The molecule has 0 aliphatic heterocycles. The van der Waals surface area contributed by atoms with Crippen molar-refractivity contribution in [2.75, 3.05) is 5.43 Å². The first kappa shape index (κ1) is 21.3.